The van der Waals surface area contributed by atoms with Crippen molar-refractivity contribution in [3.05, 3.63) is 33.7 Å². The number of nitrogens with zero attached hydrogens (tertiary/aromatic N) is 2. The van der Waals surface area contributed by atoms with Gasteiger partial charge < -0.3 is 24.3 Å². The van der Waals surface area contributed by atoms with E-state index in [0.717, 1.165) is 38.5 Å². The van der Waals surface area contributed by atoms with Crippen LogP contribution in [0, 0.1) is 0 Å². The van der Waals surface area contributed by atoms with Gasteiger partial charge >= 0.3 is 0 Å². The summed E-state index contributed by atoms with van der Waals surface area (Å²) in [6, 6.07) is -0.0480. The first kappa shape index (κ1) is 26.4. The molecule has 1 aromatic heterocycles. The average Bonchev–Trinajstić information content (AvgIpc) is 3.29. The molecule has 1 aliphatic heterocycles. The van der Waals surface area contributed by atoms with Gasteiger partial charge in [0.2, 0.25) is 5.43 Å². The third-order valence-corrected chi connectivity index (χ3v) is 6.85. The normalized spacial score (nSPS) is 19.6. The van der Waals surface area contributed by atoms with Crippen molar-refractivity contribution < 1.29 is 19.1 Å². The van der Waals surface area contributed by atoms with Crippen LogP contribution in [0.5, 0.6) is 0 Å². The van der Waals surface area contributed by atoms with Crippen LogP contribution in [-0.4, -0.2) is 66.3 Å². The van der Waals surface area contributed by atoms with E-state index in [1.807, 2.05) is 13.8 Å². The predicted molar refractivity (Wildman–Crippen MR) is 131 cm³/mol. The average molecular weight is 476 g/mol. The predicted octanol–water partition coefficient (Wildman–Crippen LogP) is 3.37. The first-order valence-corrected chi connectivity index (χ1v) is 12.9. The summed E-state index contributed by atoms with van der Waals surface area (Å²) in [5.74, 6) is -0.766. The van der Waals surface area contributed by atoms with Crippen molar-refractivity contribution in [3.63, 3.8) is 0 Å². The van der Waals surface area contributed by atoms with Gasteiger partial charge in [-0.15, -0.1) is 0 Å². The highest BCUT2D eigenvalue weighted by atomic mass is 16.5. The molecule has 1 N–H and O–H groups in total. The van der Waals surface area contributed by atoms with E-state index < -0.39 is 5.43 Å². The molecule has 190 valence electrons. The molecule has 1 saturated heterocycles. The maximum Gasteiger partial charge on any atom is 0.259 e. The van der Waals surface area contributed by atoms with E-state index in [1.165, 1.54) is 19.3 Å². The van der Waals surface area contributed by atoms with Crippen LogP contribution in [0.1, 0.15) is 92.4 Å². The molecule has 1 atom stereocenters. The Kier molecular flexibility index (Phi) is 10.1. The summed E-state index contributed by atoms with van der Waals surface area (Å²) in [4.78, 5) is 41.8. The fraction of sp³-hybridized carbons (Fsp3) is 0.731. The van der Waals surface area contributed by atoms with E-state index in [-0.39, 0.29) is 41.1 Å². The summed E-state index contributed by atoms with van der Waals surface area (Å²) in [7, 11) is 1.58. The van der Waals surface area contributed by atoms with Gasteiger partial charge in [0.05, 0.1) is 12.7 Å². The standard InChI is InChI=1S/C26H41N3O5/c1-19(2)29(13-15-33-3)26(32)23-18-28(16-21-12-9-14-34-21)17-22(24(23)30)25(31)27-20-10-7-5-4-6-8-11-20/h17-21H,4-16H2,1-3H3,(H,27,31)/t21-/m1/s1. The van der Waals surface area contributed by atoms with Crippen molar-refractivity contribution in [2.24, 2.45) is 0 Å². The number of ether oxygens (including phenoxy) is 2. The molecule has 0 spiro atoms. The van der Waals surface area contributed by atoms with Gasteiger partial charge in [-0.1, -0.05) is 32.1 Å². The quantitative estimate of drug-likeness (QED) is 0.592. The summed E-state index contributed by atoms with van der Waals surface area (Å²) in [5, 5.41) is 3.09. The SMILES string of the molecule is COCCN(C(=O)c1cn(C[C@H]2CCCO2)cc(C(=O)NC2CCCCCCC2)c1=O)C(C)C. The highest BCUT2D eigenvalue weighted by Gasteiger charge is 2.27. The summed E-state index contributed by atoms with van der Waals surface area (Å²) in [6.07, 6.45) is 12.7. The van der Waals surface area contributed by atoms with Gasteiger partial charge in [0.25, 0.3) is 11.8 Å². The molecule has 3 rings (SSSR count). The number of methoxy groups -OCH3 is 1. The Labute approximate surface area is 203 Å². The summed E-state index contributed by atoms with van der Waals surface area (Å²) >= 11 is 0. The van der Waals surface area contributed by atoms with Crippen molar-refractivity contribution in [2.45, 2.75) is 96.4 Å². The largest absolute Gasteiger partial charge is 0.383 e. The van der Waals surface area contributed by atoms with Crippen molar-refractivity contribution in [1.82, 2.24) is 14.8 Å². The first-order chi connectivity index (χ1) is 16.4. The molecule has 0 radical (unpaired) electrons. The molecule has 2 heterocycles. The van der Waals surface area contributed by atoms with Crippen LogP contribution in [0.25, 0.3) is 0 Å². The zero-order valence-electron chi connectivity index (χ0n) is 21.0. The maximum absolute atomic E-state index is 13.4. The Morgan fingerprint density at radius 1 is 1.09 bits per heavy atom. The van der Waals surface area contributed by atoms with E-state index in [9.17, 15) is 14.4 Å². The minimum atomic E-state index is -0.514. The number of pyridine rings is 1. The number of carbonyl (C=O) groups excluding carboxylic acids is 2. The number of carbonyl (C=O) groups is 2. The van der Waals surface area contributed by atoms with Crippen molar-refractivity contribution in [3.8, 4) is 0 Å². The van der Waals surface area contributed by atoms with E-state index in [1.54, 1.807) is 29.0 Å². The third kappa shape index (κ3) is 7.15. The highest BCUT2D eigenvalue weighted by Crippen LogP contribution is 2.18. The van der Waals surface area contributed by atoms with Gasteiger partial charge in [-0.2, -0.15) is 0 Å². The smallest absolute Gasteiger partial charge is 0.259 e. The van der Waals surface area contributed by atoms with Crippen LogP contribution in [0.4, 0.5) is 0 Å². The third-order valence-electron chi connectivity index (χ3n) is 6.85. The molecule has 1 saturated carbocycles. The van der Waals surface area contributed by atoms with E-state index in [0.29, 0.717) is 26.3 Å². The van der Waals surface area contributed by atoms with Gasteiger partial charge in [0, 0.05) is 51.3 Å². The van der Waals surface area contributed by atoms with Crippen molar-refractivity contribution >= 4 is 11.8 Å². The van der Waals surface area contributed by atoms with Gasteiger partial charge in [-0.05, 0) is 39.5 Å². The Morgan fingerprint density at radius 2 is 1.76 bits per heavy atom. The van der Waals surface area contributed by atoms with Gasteiger partial charge in [-0.3, -0.25) is 14.4 Å². The fourth-order valence-electron chi connectivity index (χ4n) is 4.88. The van der Waals surface area contributed by atoms with E-state index in [4.69, 9.17) is 9.47 Å². The number of hydrogen-bond acceptors (Lipinski definition) is 5. The van der Waals surface area contributed by atoms with Crippen LogP contribution in [-0.2, 0) is 16.0 Å². The minimum Gasteiger partial charge on any atom is -0.383 e. The molecule has 2 amide bonds. The van der Waals surface area contributed by atoms with Crippen LogP contribution in [0.2, 0.25) is 0 Å². The summed E-state index contributed by atoms with van der Waals surface area (Å²) in [6.45, 7) is 5.77. The van der Waals surface area contributed by atoms with Crippen LogP contribution in [0.3, 0.4) is 0 Å². The molecule has 2 aliphatic rings. The number of rotatable bonds is 9. The molecular formula is C26H41N3O5. The zero-order valence-corrected chi connectivity index (χ0v) is 21.0. The summed E-state index contributed by atoms with van der Waals surface area (Å²) in [5.41, 5.74) is -0.463. The second kappa shape index (κ2) is 13.0. The van der Waals surface area contributed by atoms with Crippen molar-refractivity contribution in [1.29, 1.82) is 0 Å². The topological polar surface area (TPSA) is 89.9 Å². The molecule has 0 bridgehead atoms. The number of amides is 2. The lowest BCUT2D eigenvalue weighted by atomic mass is 9.96. The highest BCUT2D eigenvalue weighted by molar-refractivity contribution is 5.99. The van der Waals surface area contributed by atoms with E-state index >= 15 is 0 Å². The Balaban J connectivity index is 1.91. The molecule has 0 aromatic carbocycles. The molecule has 0 unspecified atom stereocenters. The Morgan fingerprint density at radius 3 is 2.38 bits per heavy atom. The molecule has 2 fully saturated rings. The number of aromatic nitrogens is 1. The van der Waals surface area contributed by atoms with Crippen LogP contribution < -0.4 is 10.7 Å². The Hall–Kier alpha value is -2.19. The molecule has 8 heteroatoms. The number of nitrogens with one attached hydrogen (secondary N) is 1. The monoisotopic (exact) mass is 475 g/mol. The molecule has 34 heavy (non-hydrogen) atoms. The van der Waals surface area contributed by atoms with Gasteiger partial charge in [0.15, 0.2) is 0 Å². The lowest BCUT2D eigenvalue weighted by Crippen LogP contribution is -2.43. The van der Waals surface area contributed by atoms with Crippen LogP contribution >= 0.6 is 0 Å². The number of hydrogen-bond donors (Lipinski definition) is 1. The fourth-order valence-corrected chi connectivity index (χ4v) is 4.88. The zero-order chi connectivity index (χ0) is 24.5. The minimum absolute atomic E-state index is 0.0154. The van der Waals surface area contributed by atoms with Crippen LogP contribution in [0.15, 0.2) is 17.2 Å². The van der Waals surface area contributed by atoms with Gasteiger partial charge in [-0.25, -0.2) is 0 Å². The first-order valence-electron chi connectivity index (χ1n) is 12.9. The van der Waals surface area contributed by atoms with Gasteiger partial charge in [0.1, 0.15) is 11.1 Å². The Bertz CT molecular complexity index is 868. The molecule has 1 aromatic rings. The lowest BCUT2D eigenvalue weighted by molar-refractivity contribution is 0.0631. The maximum atomic E-state index is 13.4. The lowest BCUT2D eigenvalue weighted by Gasteiger charge is -2.27. The molecule has 1 aliphatic carbocycles. The molecular weight excluding hydrogens is 434 g/mol. The summed E-state index contributed by atoms with van der Waals surface area (Å²) < 4.78 is 12.7. The second-order valence-corrected chi connectivity index (χ2v) is 9.85. The van der Waals surface area contributed by atoms with E-state index in [2.05, 4.69) is 5.32 Å². The molecule has 8 nitrogen and oxygen atoms in total. The second-order valence-electron chi connectivity index (χ2n) is 9.85. The van der Waals surface area contributed by atoms with Crippen molar-refractivity contribution in [2.75, 3.05) is 26.9 Å².